The Bertz CT molecular complexity index is 222. The Kier molecular flexibility index (Phi) is 1.68. The van der Waals surface area contributed by atoms with E-state index in [-0.39, 0.29) is 5.41 Å². The lowest BCUT2D eigenvalue weighted by Crippen LogP contribution is -2.22. The molecule has 0 aromatic carbocycles. The fraction of sp³-hybridized carbons (Fsp3) is 0.571. The van der Waals surface area contributed by atoms with Gasteiger partial charge in [-0.05, 0) is 0 Å². The Labute approximate surface area is 65.1 Å². The van der Waals surface area contributed by atoms with Crippen molar-refractivity contribution in [3.8, 4) is 0 Å². The summed E-state index contributed by atoms with van der Waals surface area (Å²) in [5.74, 6) is 0. The molecule has 3 heteroatoms. The maximum atomic E-state index is 5.54. The first-order valence-corrected chi connectivity index (χ1v) is 4.15. The van der Waals surface area contributed by atoms with Crippen LogP contribution in [0.25, 0.3) is 0 Å². The van der Waals surface area contributed by atoms with Gasteiger partial charge in [0.2, 0.25) is 0 Å². The van der Waals surface area contributed by atoms with E-state index < -0.39 is 0 Å². The molecule has 0 aliphatic heterocycles. The number of H-pyrrole nitrogens is 1. The highest BCUT2D eigenvalue weighted by molar-refractivity contribution is 7.13. The van der Waals surface area contributed by atoms with Gasteiger partial charge >= 0.3 is 5.13 Å². The molecule has 3 N–H and O–H groups in total. The van der Waals surface area contributed by atoms with Crippen LogP contribution in [-0.4, -0.2) is 0 Å². The van der Waals surface area contributed by atoms with Crippen molar-refractivity contribution < 1.29 is 4.98 Å². The molecule has 0 bridgehead atoms. The number of hydrogen-bond donors (Lipinski definition) is 1. The van der Waals surface area contributed by atoms with Crippen LogP contribution in [0.15, 0.2) is 5.38 Å². The average molecular weight is 157 g/mol. The molecule has 0 radical (unpaired) electrons. The first kappa shape index (κ1) is 7.54. The van der Waals surface area contributed by atoms with Gasteiger partial charge in [0.15, 0.2) is 0 Å². The largest absolute Gasteiger partial charge is 0.329 e. The average Bonchev–Trinajstić information content (AvgIpc) is 2.11. The zero-order valence-corrected chi connectivity index (χ0v) is 7.38. The van der Waals surface area contributed by atoms with Crippen molar-refractivity contribution in [3.63, 3.8) is 0 Å². The van der Waals surface area contributed by atoms with Crippen molar-refractivity contribution in [2.75, 3.05) is 5.73 Å². The van der Waals surface area contributed by atoms with Gasteiger partial charge in [-0.3, -0.25) is 5.73 Å². The van der Waals surface area contributed by atoms with E-state index in [4.69, 9.17) is 5.73 Å². The number of anilines is 1. The van der Waals surface area contributed by atoms with Crippen molar-refractivity contribution in [3.05, 3.63) is 11.1 Å². The molecular weight excluding hydrogens is 144 g/mol. The molecule has 0 saturated carbocycles. The summed E-state index contributed by atoms with van der Waals surface area (Å²) in [7, 11) is 0. The third-order valence-electron chi connectivity index (χ3n) is 1.37. The van der Waals surface area contributed by atoms with Crippen LogP contribution in [0, 0.1) is 0 Å². The molecule has 1 aromatic rings. The van der Waals surface area contributed by atoms with E-state index in [9.17, 15) is 0 Å². The zero-order valence-electron chi connectivity index (χ0n) is 6.56. The molecule has 0 aliphatic rings. The number of aromatic nitrogens is 1. The summed E-state index contributed by atoms with van der Waals surface area (Å²) in [5.41, 5.74) is 6.93. The lowest BCUT2D eigenvalue weighted by Gasteiger charge is -2.11. The smallest absolute Gasteiger partial charge is 0.278 e. The van der Waals surface area contributed by atoms with Gasteiger partial charge < -0.3 is 0 Å². The third kappa shape index (κ3) is 1.48. The van der Waals surface area contributed by atoms with Crippen molar-refractivity contribution >= 4 is 16.5 Å². The van der Waals surface area contributed by atoms with E-state index in [0.29, 0.717) is 0 Å². The minimum Gasteiger partial charge on any atom is -0.278 e. The molecule has 0 unspecified atom stereocenters. The molecule has 0 atom stereocenters. The van der Waals surface area contributed by atoms with Crippen LogP contribution in [-0.2, 0) is 5.41 Å². The van der Waals surface area contributed by atoms with Gasteiger partial charge in [-0.15, -0.1) is 0 Å². The third-order valence-corrected chi connectivity index (χ3v) is 2.08. The molecule has 0 aliphatic carbocycles. The minimum atomic E-state index is 0.189. The summed E-state index contributed by atoms with van der Waals surface area (Å²) in [6.45, 7) is 6.47. The molecule has 10 heavy (non-hydrogen) atoms. The molecule has 2 nitrogen and oxygen atoms in total. The minimum absolute atomic E-state index is 0.189. The normalized spacial score (nSPS) is 11.9. The van der Waals surface area contributed by atoms with Gasteiger partial charge in [-0.1, -0.05) is 32.1 Å². The molecule has 1 aromatic heterocycles. The highest BCUT2D eigenvalue weighted by Gasteiger charge is 2.19. The van der Waals surface area contributed by atoms with E-state index in [1.54, 1.807) is 11.3 Å². The molecule has 1 rings (SSSR count). The van der Waals surface area contributed by atoms with Crippen LogP contribution < -0.4 is 10.7 Å². The van der Waals surface area contributed by atoms with Gasteiger partial charge in [0, 0.05) is 10.8 Å². The fourth-order valence-electron chi connectivity index (χ4n) is 0.678. The monoisotopic (exact) mass is 157 g/mol. The van der Waals surface area contributed by atoms with Crippen LogP contribution in [0.4, 0.5) is 5.13 Å². The SMILES string of the molecule is CC(C)(C)c1csc(N)[nH+]1. The Morgan fingerprint density at radius 2 is 2.10 bits per heavy atom. The van der Waals surface area contributed by atoms with Gasteiger partial charge in [0.05, 0.1) is 0 Å². The van der Waals surface area contributed by atoms with Crippen LogP contribution >= 0.6 is 11.3 Å². The Morgan fingerprint density at radius 1 is 1.50 bits per heavy atom. The Hall–Kier alpha value is -0.570. The number of hydrogen-bond acceptors (Lipinski definition) is 2. The molecular formula is C7H13N2S+. The number of nitrogens with two attached hydrogens (primary N) is 1. The maximum absolute atomic E-state index is 5.54. The van der Waals surface area contributed by atoms with E-state index in [2.05, 4.69) is 31.1 Å². The van der Waals surface area contributed by atoms with E-state index in [1.807, 2.05) is 0 Å². The summed E-state index contributed by atoms with van der Waals surface area (Å²) >= 11 is 1.55. The Morgan fingerprint density at radius 3 is 2.30 bits per heavy atom. The molecule has 56 valence electrons. The summed E-state index contributed by atoms with van der Waals surface area (Å²) in [4.78, 5) is 3.11. The zero-order chi connectivity index (χ0) is 7.78. The first-order chi connectivity index (χ1) is 4.50. The number of rotatable bonds is 0. The van der Waals surface area contributed by atoms with Crippen molar-refractivity contribution in [2.24, 2.45) is 0 Å². The van der Waals surface area contributed by atoms with Crippen molar-refractivity contribution in [1.29, 1.82) is 0 Å². The first-order valence-electron chi connectivity index (χ1n) is 3.27. The van der Waals surface area contributed by atoms with Crippen LogP contribution in [0.5, 0.6) is 0 Å². The molecule has 0 saturated heterocycles. The Balaban J connectivity index is 2.96. The van der Waals surface area contributed by atoms with Crippen LogP contribution in [0.2, 0.25) is 0 Å². The standard InChI is InChI=1S/C7H12N2S/c1-7(2,3)5-4-10-6(8)9-5/h4H,1-3H3,(H2,8,9)/p+1. The molecule has 0 spiro atoms. The predicted octanol–water partition coefficient (Wildman–Crippen LogP) is 1.44. The number of nitrogens with one attached hydrogen (secondary N) is 1. The summed E-state index contributed by atoms with van der Waals surface area (Å²) in [6.07, 6.45) is 0. The highest BCUT2D eigenvalue weighted by atomic mass is 32.1. The second kappa shape index (κ2) is 2.23. The van der Waals surface area contributed by atoms with E-state index >= 15 is 0 Å². The molecule has 1 heterocycles. The second-order valence-corrected chi connectivity index (χ2v) is 4.30. The van der Waals surface area contributed by atoms with Gasteiger partial charge in [-0.25, -0.2) is 4.98 Å². The number of aromatic amines is 1. The summed E-state index contributed by atoms with van der Waals surface area (Å²) < 4.78 is 0. The lowest BCUT2D eigenvalue weighted by atomic mass is 9.93. The number of thiazole rings is 1. The second-order valence-electron chi connectivity index (χ2n) is 3.39. The van der Waals surface area contributed by atoms with E-state index in [0.717, 1.165) is 5.13 Å². The van der Waals surface area contributed by atoms with Gasteiger partial charge in [0.25, 0.3) is 0 Å². The quantitative estimate of drug-likeness (QED) is 0.608. The van der Waals surface area contributed by atoms with Crippen molar-refractivity contribution in [2.45, 2.75) is 26.2 Å². The fourth-order valence-corrected chi connectivity index (χ4v) is 1.50. The highest BCUT2D eigenvalue weighted by Crippen LogP contribution is 2.20. The van der Waals surface area contributed by atoms with Gasteiger partial charge in [0.1, 0.15) is 5.69 Å². The van der Waals surface area contributed by atoms with Crippen LogP contribution in [0.3, 0.4) is 0 Å². The summed E-state index contributed by atoms with van der Waals surface area (Å²) in [6, 6.07) is 0. The molecule has 0 fully saturated rings. The summed E-state index contributed by atoms with van der Waals surface area (Å²) in [5, 5.41) is 2.85. The van der Waals surface area contributed by atoms with E-state index in [1.165, 1.54) is 5.69 Å². The number of nitrogen functional groups attached to an aromatic ring is 1. The topological polar surface area (TPSA) is 40.2 Å². The van der Waals surface area contributed by atoms with Gasteiger partial charge in [-0.2, -0.15) is 0 Å². The predicted molar refractivity (Wildman–Crippen MR) is 44.0 cm³/mol. The van der Waals surface area contributed by atoms with Crippen molar-refractivity contribution in [1.82, 2.24) is 0 Å². The maximum Gasteiger partial charge on any atom is 0.329 e. The molecule has 0 amide bonds. The lowest BCUT2D eigenvalue weighted by molar-refractivity contribution is -0.373. The van der Waals surface area contributed by atoms with Crippen LogP contribution in [0.1, 0.15) is 26.5 Å².